The molecule has 0 aliphatic carbocycles. The first-order valence-corrected chi connectivity index (χ1v) is 7.56. The van der Waals surface area contributed by atoms with Gasteiger partial charge in [-0.2, -0.15) is 11.8 Å². The lowest BCUT2D eigenvalue weighted by molar-refractivity contribution is -0.122. The number of hydrogen-bond acceptors (Lipinski definition) is 3. The lowest BCUT2D eigenvalue weighted by Gasteiger charge is -2.23. The second-order valence-corrected chi connectivity index (χ2v) is 5.78. The van der Waals surface area contributed by atoms with Gasteiger partial charge >= 0.3 is 0 Å². The number of amides is 1. The minimum Gasteiger partial charge on any atom is -0.350 e. The number of carbonyl (C=O) groups is 1. The summed E-state index contributed by atoms with van der Waals surface area (Å²) in [4.78, 5) is 11.9. The van der Waals surface area contributed by atoms with Crippen LogP contribution in [-0.2, 0) is 4.79 Å². The molecule has 1 aromatic rings. The van der Waals surface area contributed by atoms with E-state index in [1.54, 1.807) is 0 Å². The number of benzene rings is 1. The Balaban J connectivity index is 1.80. The van der Waals surface area contributed by atoms with E-state index in [4.69, 9.17) is 0 Å². The van der Waals surface area contributed by atoms with Crippen LogP contribution in [0.5, 0.6) is 0 Å². The van der Waals surface area contributed by atoms with E-state index in [0.29, 0.717) is 12.5 Å². The Morgan fingerprint density at radius 1 is 1.50 bits per heavy atom. The van der Waals surface area contributed by atoms with Crippen molar-refractivity contribution in [1.29, 1.82) is 0 Å². The van der Waals surface area contributed by atoms with E-state index in [0.717, 1.165) is 23.6 Å². The molecule has 2 atom stereocenters. The molecule has 1 aromatic carbocycles. The van der Waals surface area contributed by atoms with E-state index in [9.17, 15) is 4.79 Å². The molecule has 0 aromatic heterocycles. The summed E-state index contributed by atoms with van der Waals surface area (Å²) in [7, 11) is 0. The molecule has 18 heavy (non-hydrogen) atoms. The zero-order chi connectivity index (χ0) is 12.8. The van der Waals surface area contributed by atoms with Crippen LogP contribution in [0, 0.1) is 0 Å². The van der Waals surface area contributed by atoms with Gasteiger partial charge in [-0.05, 0) is 12.5 Å². The largest absolute Gasteiger partial charge is 0.350 e. The van der Waals surface area contributed by atoms with Gasteiger partial charge in [0, 0.05) is 30.5 Å². The lowest BCUT2D eigenvalue weighted by Crippen LogP contribution is -2.41. The molecular weight excluding hydrogens is 244 g/mol. The average Bonchev–Trinajstić information content (AvgIpc) is 2.40. The molecule has 0 spiro atoms. The molecular formula is C14H20N2OS. The minimum atomic E-state index is 0.0787. The van der Waals surface area contributed by atoms with Crippen molar-refractivity contribution >= 4 is 17.7 Å². The summed E-state index contributed by atoms with van der Waals surface area (Å²) >= 11 is 1.92. The normalized spacial score (nSPS) is 21.3. The van der Waals surface area contributed by atoms with Crippen molar-refractivity contribution in [3.63, 3.8) is 0 Å². The highest BCUT2D eigenvalue weighted by molar-refractivity contribution is 7.99. The van der Waals surface area contributed by atoms with Crippen molar-refractivity contribution in [2.75, 3.05) is 18.1 Å². The smallest absolute Gasteiger partial charge is 0.222 e. The van der Waals surface area contributed by atoms with E-state index < -0.39 is 0 Å². The third-order valence-electron chi connectivity index (χ3n) is 3.11. The number of thioether (sulfide) groups is 1. The first kappa shape index (κ1) is 13.4. The predicted molar refractivity (Wildman–Crippen MR) is 76.7 cm³/mol. The van der Waals surface area contributed by atoms with Crippen LogP contribution in [0.3, 0.4) is 0 Å². The molecule has 1 unspecified atom stereocenters. The molecule has 0 radical (unpaired) electrons. The molecule has 0 saturated carbocycles. The van der Waals surface area contributed by atoms with Crippen LogP contribution in [0.15, 0.2) is 30.3 Å². The first-order valence-electron chi connectivity index (χ1n) is 6.41. The summed E-state index contributed by atoms with van der Waals surface area (Å²) in [6, 6.07) is 10.5. The Morgan fingerprint density at radius 2 is 2.28 bits per heavy atom. The highest BCUT2D eigenvalue weighted by Gasteiger charge is 2.17. The summed E-state index contributed by atoms with van der Waals surface area (Å²) in [5, 5.41) is 6.44. The van der Waals surface area contributed by atoms with E-state index in [2.05, 4.69) is 10.6 Å². The van der Waals surface area contributed by atoms with Crippen LogP contribution in [-0.4, -0.2) is 30.0 Å². The quantitative estimate of drug-likeness (QED) is 0.873. The third-order valence-corrected chi connectivity index (χ3v) is 4.24. The van der Waals surface area contributed by atoms with Crippen molar-refractivity contribution in [3.8, 4) is 0 Å². The van der Waals surface area contributed by atoms with Gasteiger partial charge in [0.25, 0.3) is 0 Å². The molecule has 1 amide bonds. The van der Waals surface area contributed by atoms with Crippen LogP contribution in [0.25, 0.3) is 0 Å². The number of hydrogen-bond donors (Lipinski definition) is 2. The summed E-state index contributed by atoms with van der Waals surface area (Å²) in [5.41, 5.74) is 1.15. The molecule has 1 aliphatic heterocycles. The van der Waals surface area contributed by atoms with E-state index >= 15 is 0 Å². The molecule has 1 fully saturated rings. The van der Waals surface area contributed by atoms with Gasteiger partial charge in [-0.1, -0.05) is 30.3 Å². The van der Waals surface area contributed by atoms with Gasteiger partial charge in [0.05, 0.1) is 6.04 Å². The molecule has 0 bridgehead atoms. The van der Waals surface area contributed by atoms with Gasteiger partial charge in [-0.15, -0.1) is 0 Å². The fourth-order valence-corrected chi connectivity index (χ4v) is 3.05. The van der Waals surface area contributed by atoms with E-state index in [-0.39, 0.29) is 11.9 Å². The van der Waals surface area contributed by atoms with Crippen molar-refractivity contribution in [1.82, 2.24) is 10.6 Å². The van der Waals surface area contributed by atoms with Crippen LogP contribution in [0.1, 0.15) is 24.9 Å². The molecule has 2 N–H and O–H groups in total. The van der Waals surface area contributed by atoms with Gasteiger partial charge in [-0.3, -0.25) is 4.79 Å². The van der Waals surface area contributed by atoms with Crippen LogP contribution in [0.2, 0.25) is 0 Å². The summed E-state index contributed by atoms with van der Waals surface area (Å²) in [5.74, 6) is 2.32. The highest BCUT2D eigenvalue weighted by atomic mass is 32.2. The molecule has 3 nitrogen and oxygen atoms in total. The SMILES string of the molecule is C[C@@H](NC(=O)CC1CSCCN1)c1ccccc1. The molecule has 2 rings (SSSR count). The topological polar surface area (TPSA) is 41.1 Å². The third kappa shape index (κ3) is 4.03. The second kappa shape index (κ2) is 6.81. The fourth-order valence-electron chi connectivity index (χ4n) is 2.10. The molecule has 4 heteroatoms. The van der Waals surface area contributed by atoms with E-state index in [1.165, 1.54) is 0 Å². The van der Waals surface area contributed by atoms with Gasteiger partial charge in [-0.25, -0.2) is 0 Å². The maximum absolute atomic E-state index is 11.9. The number of nitrogens with one attached hydrogen (secondary N) is 2. The van der Waals surface area contributed by atoms with Crippen LogP contribution < -0.4 is 10.6 Å². The van der Waals surface area contributed by atoms with Crippen molar-refractivity contribution in [3.05, 3.63) is 35.9 Å². The highest BCUT2D eigenvalue weighted by Crippen LogP contribution is 2.13. The van der Waals surface area contributed by atoms with Crippen molar-refractivity contribution in [2.45, 2.75) is 25.4 Å². The van der Waals surface area contributed by atoms with Gasteiger partial charge < -0.3 is 10.6 Å². The second-order valence-electron chi connectivity index (χ2n) is 4.63. The average molecular weight is 264 g/mol. The summed E-state index contributed by atoms with van der Waals surface area (Å²) in [6.45, 7) is 3.03. The lowest BCUT2D eigenvalue weighted by atomic mass is 10.1. The van der Waals surface area contributed by atoms with Crippen LogP contribution >= 0.6 is 11.8 Å². The monoisotopic (exact) mass is 264 g/mol. The Kier molecular flexibility index (Phi) is 5.08. The first-order chi connectivity index (χ1) is 8.75. The molecule has 1 heterocycles. The molecule has 1 aliphatic rings. The molecule has 1 saturated heterocycles. The Hall–Kier alpha value is -1.00. The van der Waals surface area contributed by atoms with Gasteiger partial charge in [0.1, 0.15) is 0 Å². The van der Waals surface area contributed by atoms with Gasteiger partial charge in [0.2, 0.25) is 5.91 Å². The van der Waals surface area contributed by atoms with Crippen molar-refractivity contribution < 1.29 is 4.79 Å². The minimum absolute atomic E-state index is 0.0787. The Morgan fingerprint density at radius 3 is 2.94 bits per heavy atom. The zero-order valence-corrected chi connectivity index (χ0v) is 11.5. The number of rotatable bonds is 4. The fraction of sp³-hybridized carbons (Fsp3) is 0.500. The molecule has 98 valence electrons. The van der Waals surface area contributed by atoms with E-state index in [1.807, 2.05) is 49.0 Å². The standard InChI is InChI=1S/C14H20N2OS/c1-11(12-5-3-2-4-6-12)16-14(17)9-13-10-18-8-7-15-13/h2-6,11,13,15H,7-10H2,1H3,(H,16,17)/t11-,13?/m1/s1. The summed E-state index contributed by atoms with van der Waals surface area (Å²) in [6.07, 6.45) is 0.574. The van der Waals surface area contributed by atoms with Crippen molar-refractivity contribution in [2.24, 2.45) is 0 Å². The number of carbonyl (C=O) groups excluding carboxylic acids is 1. The summed E-state index contributed by atoms with van der Waals surface area (Å²) < 4.78 is 0. The Bertz CT molecular complexity index is 377. The maximum Gasteiger partial charge on any atom is 0.222 e. The maximum atomic E-state index is 11.9. The predicted octanol–water partition coefficient (Wildman–Crippen LogP) is 1.96. The Labute approximate surface area is 113 Å². The zero-order valence-electron chi connectivity index (χ0n) is 10.7. The van der Waals surface area contributed by atoms with Gasteiger partial charge in [0.15, 0.2) is 0 Å². The van der Waals surface area contributed by atoms with Crippen LogP contribution in [0.4, 0.5) is 0 Å².